The third-order valence-corrected chi connectivity index (χ3v) is 5.84. The highest BCUT2D eigenvalue weighted by Gasteiger charge is 2.15. The summed E-state index contributed by atoms with van der Waals surface area (Å²) in [5.74, 6) is 0.398. The molecule has 9 heteroatoms. The molecule has 0 fully saturated rings. The van der Waals surface area contributed by atoms with E-state index >= 15 is 0 Å². The molecule has 0 aromatic heterocycles. The van der Waals surface area contributed by atoms with Crippen molar-refractivity contribution in [2.24, 2.45) is 0 Å². The molecule has 1 amide bonds. The van der Waals surface area contributed by atoms with Crippen LogP contribution in [0.15, 0.2) is 71.6 Å². The van der Waals surface area contributed by atoms with Crippen LogP contribution in [-0.2, 0) is 14.8 Å². The number of hydrogen-bond acceptors (Lipinski definition) is 5. The van der Waals surface area contributed by atoms with Crippen LogP contribution in [0.25, 0.3) is 0 Å². The third kappa shape index (κ3) is 6.13. The zero-order valence-corrected chi connectivity index (χ0v) is 18.5. The first-order valence-corrected chi connectivity index (χ1v) is 11.1. The molecule has 7 nitrogen and oxygen atoms in total. The Morgan fingerprint density at radius 2 is 1.77 bits per heavy atom. The van der Waals surface area contributed by atoms with Gasteiger partial charge in [0.05, 0.1) is 17.7 Å². The fourth-order valence-electron chi connectivity index (χ4n) is 2.75. The predicted octanol–water partition coefficient (Wildman–Crippen LogP) is 4.48. The molecule has 0 spiro atoms. The summed E-state index contributed by atoms with van der Waals surface area (Å²) in [5, 5.41) is 3.11. The summed E-state index contributed by atoms with van der Waals surface area (Å²) in [5.41, 5.74) is 1.85. The second-order valence-electron chi connectivity index (χ2n) is 6.63. The van der Waals surface area contributed by atoms with Crippen molar-refractivity contribution in [3.05, 3.63) is 77.3 Å². The van der Waals surface area contributed by atoms with Crippen LogP contribution in [0.3, 0.4) is 0 Å². The van der Waals surface area contributed by atoms with Gasteiger partial charge < -0.3 is 14.8 Å². The number of nitrogens with one attached hydrogen (secondary N) is 2. The molecule has 0 aliphatic heterocycles. The highest BCUT2D eigenvalue weighted by Crippen LogP contribution is 2.27. The minimum absolute atomic E-state index is 0.0782. The van der Waals surface area contributed by atoms with Gasteiger partial charge in [0, 0.05) is 10.7 Å². The number of benzene rings is 3. The Labute approximate surface area is 186 Å². The van der Waals surface area contributed by atoms with Crippen molar-refractivity contribution < 1.29 is 22.7 Å². The highest BCUT2D eigenvalue weighted by molar-refractivity contribution is 7.92. The summed E-state index contributed by atoms with van der Waals surface area (Å²) in [6.45, 7) is 1.60. The Balaban J connectivity index is 1.60. The Kier molecular flexibility index (Phi) is 7.04. The van der Waals surface area contributed by atoms with Crippen LogP contribution in [-0.4, -0.2) is 28.0 Å². The average molecular weight is 461 g/mol. The van der Waals surface area contributed by atoms with Gasteiger partial charge in [-0.2, -0.15) is 0 Å². The number of carbonyl (C=O) groups is 1. The topological polar surface area (TPSA) is 93.7 Å². The molecule has 3 rings (SSSR count). The molecule has 0 aliphatic carbocycles. The Morgan fingerprint density at radius 1 is 1.03 bits per heavy atom. The number of anilines is 2. The van der Waals surface area contributed by atoms with Crippen LogP contribution < -0.4 is 19.5 Å². The molecule has 0 radical (unpaired) electrons. The third-order valence-electron chi connectivity index (χ3n) is 4.21. The molecule has 0 bridgehead atoms. The maximum atomic E-state index is 12.5. The van der Waals surface area contributed by atoms with Crippen LogP contribution in [0, 0.1) is 6.92 Å². The summed E-state index contributed by atoms with van der Waals surface area (Å²) in [7, 11) is -2.26. The smallest absolute Gasteiger partial charge is 0.262 e. The number of carbonyl (C=O) groups excluding carboxylic acids is 1. The Morgan fingerprint density at radius 3 is 2.45 bits per heavy atom. The molecular weight excluding hydrogens is 440 g/mol. The quantitative estimate of drug-likeness (QED) is 0.517. The van der Waals surface area contributed by atoms with Crippen molar-refractivity contribution in [2.75, 3.05) is 23.8 Å². The minimum atomic E-state index is -3.74. The van der Waals surface area contributed by atoms with E-state index in [1.807, 2.05) is 13.0 Å². The van der Waals surface area contributed by atoms with Gasteiger partial charge in [0.2, 0.25) is 0 Å². The first kappa shape index (κ1) is 22.5. The van der Waals surface area contributed by atoms with Gasteiger partial charge in [-0.25, -0.2) is 8.42 Å². The van der Waals surface area contributed by atoms with Crippen LogP contribution in [0.4, 0.5) is 11.4 Å². The number of amides is 1. The van der Waals surface area contributed by atoms with Crippen molar-refractivity contribution in [2.45, 2.75) is 11.8 Å². The lowest BCUT2D eigenvalue weighted by atomic mass is 10.2. The fraction of sp³-hybridized carbons (Fsp3) is 0.136. The van der Waals surface area contributed by atoms with E-state index in [4.69, 9.17) is 21.1 Å². The lowest BCUT2D eigenvalue weighted by molar-refractivity contribution is -0.118. The van der Waals surface area contributed by atoms with E-state index in [-0.39, 0.29) is 11.5 Å². The second-order valence-corrected chi connectivity index (χ2v) is 8.75. The van der Waals surface area contributed by atoms with Crippen molar-refractivity contribution in [3.8, 4) is 11.5 Å². The van der Waals surface area contributed by atoms with Crippen molar-refractivity contribution in [3.63, 3.8) is 0 Å². The molecular formula is C22H21ClN2O5S. The van der Waals surface area contributed by atoms with Gasteiger partial charge in [-0.05, 0) is 67.1 Å². The highest BCUT2D eigenvalue weighted by atomic mass is 35.5. The number of ether oxygens (including phenoxy) is 2. The van der Waals surface area contributed by atoms with Gasteiger partial charge >= 0.3 is 0 Å². The maximum Gasteiger partial charge on any atom is 0.262 e. The van der Waals surface area contributed by atoms with Gasteiger partial charge in [-0.1, -0.05) is 23.7 Å². The summed E-state index contributed by atoms with van der Waals surface area (Å²) < 4.78 is 38.2. The van der Waals surface area contributed by atoms with Gasteiger partial charge in [0.15, 0.2) is 6.61 Å². The number of methoxy groups -OCH3 is 1. The molecule has 0 saturated heterocycles. The monoisotopic (exact) mass is 460 g/mol. The second kappa shape index (κ2) is 9.72. The van der Waals surface area contributed by atoms with Gasteiger partial charge in [-0.15, -0.1) is 0 Å². The van der Waals surface area contributed by atoms with E-state index in [1.165, 1.54) is 31.4 Å². The molecule has 2 N–H and O–H groups in total. The molecule has 31 heavy (non-hydrogen) atoms. The first-order chi connectivity index (χ1) is 14.8. The summed E-state index contributed by atoms with van der Waals surface area (Å²) in [6.07, 6.45) is 0. The van der Waals surface area contributed by atoms with E-state index in [2.05, 4.69) is 10.0 Å². The fourth-order valence-corrected chi connectivity index (χ4v) is 3.97. The molecule has 3 aromatic carbocycles. The van der Waals surface area contributed by atoms with Crippen molar-refractivity contribution in [1.82, 2.24) is 0 Å². The zero-order chi connectivity index (χ0) is 22.4. The largest absolute Gasteiger partial charge is 0.495 e. The normalized spacial score (nSPS) is 10.9. The van der Waals surface area contributed by atoms with Crippen molar-refractivity contribution >= 4 is 38.9 Å². The summed E-state index contributed by atoms with van der Waals surface area (Å²) in [6, 6.07) is 17.7. The Hall–Kier alpha value is -3.23. The van der Waals surface area contributed by atoms with E-state index in [1.54, 1.807) is 36.4 Å². The molecule has 3 aromatic rings. The standard InChI is InChI=1S/C22H21ClN2O5S/c1-15-4-3-5-17(12-15)25-31(27,28)19-9-7-18(8-10-19)30-14-22(26)24-20-13-16(23)6-11-21(20)29-2/h3-13,25H,14H2,1-2H3,(H,24,26). The van der Waals surface area contributed by atoms with Gasteiger partial charge in [-0.3, -0.25) is 9.52 Å². The Bertz CT molecular complexity index is 1180. The number of aryl methyl sites for hydroxylation is 1. The van der Waals surface area contributed by atoms with E-state index in [0.29, 0.717) is 27.9 Å². The van der Waals surface area contributed by atoms with Gasteiger partial charge in [0.25, 0.3) is 15.9 Å². The predicted molar refractivity (Wildman–Crippen MR) is 121 cm³/mol. The minimum Gasteiger partial charge on any atom is -0.495 e. The molecule has 0 unspecified atom stereocenters. The maximum absolute atomic E-state index is 12.5. The number of rotatable bonds is 8. The van der Waals surface area contributed by atoms with Crippen LogP contribution in [0.1, 0.15) is 5.56 Å². The van der Waals surface area contributed by atoms with Crippen LogP contribution in [0.2, 0.25) is 5.02 Å². The molecule has 0 aliphatic rings. The summed E-state index contributed by atoms with van der Waals surface area (Å²) in [4.78, 5) is 12.3. The van der Waals surface area contributed by atoms with Gasteiger partial charge in [0.1, 0.15) is 11.5 Å². The van der Waals surface area contributed by atoms with E-state index < -0.39 is 15.9 Å². The first-order valence-electron chi connectivity index (χ1n) is 9.22. The molecule has 0 atom stereocenters. The lowest BCUT2D eigenvalue weighted by Gasteiger charge is -2.12. The molecule has 0 heterocycles. The number of hydrogen-bond donors (Lipinski definition) is 2. The SMILES string of the molecule is COc1ccc(Cl)cc1NC(=O)COc1ccc(S(=O)(=O)Nc2cccc(C)c2)cc1. The summed E-state index contributed by atoms with van der Waals surface area (Å²) >= 11 is 5.95. The van der Waals surface area contributed by atoms with Crippen LogP contribution in [0.5, 0.6) is 11.5 Å². The van der Waals surface area contributed by atoms with Crippen molar-refractivity contribution in [1.29, 1.82) is 0 Å². The number of sulfonamides is 1. The van der Waals surface area contributed by atoms with E-state index in [0.717, 1.165) is 5.56 Å². The molecule has 0 saturated carbocycles. The van der Waals surface area contributed by atoms with Crippen LogP contribution >= 0.6 is 11.6 Å². The number of halogens is 1. The average Bonchev–Trinajstić information content (AvgIpc) is 2.72. The molecule has 162 valence electrons. The van der Waals surface area contributed by atoms with E-state index in [9.17, 15) is 13.2 Å². The lowest BCUT2D eigenvalue weighted by Crippen LogP contribution is -2.20. The zero-order valence-electron chi connectivity index (χ0n) is 16.9.